The monoisotopic (exact) mass is 275 g/mol. The van der Waals surface area contributed by atoms with Gasteiger partial charge in [0.1, 0.15) is 0 Å². The Morgan fingerprint density at radius 2 is 2.15 bits per heavy atom. The Bertz CT molecular complexity index is 552. The molecule has 0 fully saturated rings. The molecular formula is C14H21N5O. The summed E-state index contributed by atoms with van der Waals surface area (Å²) in [5, 5.41) is 11.9. The largest absolute Gasteiger partial charge is 0.399 e. The first-order valence-corrected chi connectivity index (χ1v) is 6.92. The summed E-state index contributed by atoms with van der Waals surface area (Å²) in [5.74, 6) is 0.776. The number of aromatic nitrogens is 4. The Balaban J connectivity index is 2.04. The van der Waals surface area contributed by atoms with Crippen LogP contribution in [0.15, 0.2) is 18.2 Å². The van der Waals surface area contributed by atoms with Gasteiger partial charge in [-0.15, -0.1) is 5.10 Å². The van der Waals surface area contributed by atoms with Crippen LogP contribution in [0.3, 0.4) is 0 Å². The summed E-state index contributed by atoms with van der Waals surface area (Å²) < 4.78 is 7.28. The number of aryl methyl sites for hydroxylation is 2. The highest BCUT2D eigenvalue weighted by Gasteiger charge is 2.11. The molecule has 2 aromatic rings. The molecule has 0 aliphatic carbocycles. The molecule has 6 heteroatoms. The zero-order valence-corrected chi connectivity index (χ0v) is 12.0. The van der Waals surface area contributed by atoms with Gasteiger partial charge in [-0.1, -0.05) is 6.92 Å². The number of nitrogens with zero attached hydrogens (tertiary/aromatic N) is 4. The molecule has 108 valence electrons. The van der Waals surface area contributed by atoms with E-state index in [1.54, 1.807) is 0 Å². The fourth-order valence-electron chi connectivity index (χ4n) is 2.05. The van der Waals surface area contributed by atoms with Crippen LogP contribution < -0.4 is 5.73 Å². The van der Waals surface area contributed by atoms with Crippen LogP contribution in [-0.4, -0.2) is 33.4 Å². The van der Waals surface area contributed by atoms with Crippen molar-refractivity contribution in [2.75, 3.05) is 18.9 Å². The summed E-state index contributed by atoms with van der Waals surface area (Å²) in [6.45, 7) is 6.39. The molecule has 0 aliphatic heterocycles. The smallest absolute Gasteiger partial charge is 0.182 e. The third-order valence-corrected chi connectivity index (χ3v) is 3.03. The minimum atomic E-state index is 0.730. The van der Waals surface area contributed by atoms with E-state index in [9.17, 15) is 0 Å². The van der Waals surface area contributed by atoms with Crippen molar-refractivity contribution in [2.24, 2.45) is 0 Å². The average molecular weight is 275 g/mol. The van der Waals surface area contributed by atoms with Crippen molar-refractivity contribution in [3.05, 3.63) is 23.8 Å². The number of nitrogen functional groups attached to an aromatic ring is 1. The zero-order chi connectivity index (χ0) is 14.4. The third kappa shape index (κ3) is 3.54. The van der Waals surface area contributed by atoms with E-state index in [2.05, 4.69) is 22.4 Å². The van der Waals surface area contributed by atoms with Crippen LogP contribution in [0.25, 0.3) is 11.4 Å². The molecule has 0 atom stereocenters. The van der Waals surface area contributed by atoms with Crippen LogP contribution in [0, 0.1) is 6.92 Å². The van der Waals surface area contributed by atoms with Gasteiger partial charge in [-0.25, -0.2) is 4.68 Å². The summed E-state index contributed by atoms with van der Waals surface area (Å²) in [6.07, 6.45) is 1.94. The Morgan fingerprint density at radius 3 is 2.90 bits per heavy atom. The predicted octanol–water partition coefficient (Wildman–Crippen LogP) is 2.05. The van der Waals surface area contributed by atoms with Gasteiger partial charge in [0.05, 0.1) is 0 Å². The summed E-state index contributed by atoms with van der Waals surface area (Å²) in [5.41, 5.74) is 8.60. The van der Waals surface area contributed by atoms with Gasteiger partial charge in [-0.05, 0) is 54.0 Å². The van der Waals surface area contributed by atoms with Crippen LogP contribution in [0.1, 0.15) is 25.3 Å². The van der Waals surface area contributed by atoms with Crippen molar-refractivity contribution in [3.63, 3.8) is 0 Å². The number of hydrogen-bond acceptors (Lipinski definition) is 5. The van der Waals surface area contributed by atoms with E-state index in [0.717, 1.165) is 55.2 Å². The summed E-state index contributed by atoms with van der Waals surface area (Å²) in [7, 11) is 0. The minimum absolute atomic E-state index is 0.730. The number of anilines is 1. The molecule has 0 bridgehead atoms. The van der Waals surface area contributed by atoms with E-state index in [0.29, 0.717) is 0 Å². The Morgan fingerprint density at radius 1 is 1.30 bits per heavy atom. The highest BCUT2D eigenvalue weighted by molar-refractivity contribution is 5.63. The molecule has 0 radical (unpaired) electrons. The number of rotatable bonds is 7. The second-order valence-corrected chi connectivity index (χ2v) is 4.77. The molecule has 0 saturated heterocycles. The number of ether oxygens (including phenoxy) is 1. The van der Waals surface area contributed by atoms with Gasteiger partial charge < -0.3 is 10.5 Å². The van der Waals surface area contributed by atoms with Crippen molar-refractivity contribution in [1.82, 2.24) is 20.2 Å². The van der Waals surface area contributed by atoms with Gasteiger partial charge in [-0.2, -0.15) is 0 Å². The molecular weight excluding hydrogens is 254 g/mol. The van der Waals surface area contributed by atoms with Crippen LogP contribution in [0.5, 0.6) is 0 Å². The van der Waals surface area contributed by atoms with Crippen LogP contribution >= 0.6 is 0 Å². The predicted molar refractivity (Wildman–Crippen MR) is 78.1 cm³/mol. The van der Waals surface area contributed by atoms with Gasteiger partial charge in [0.25, 0.3) is 0 Å². The molecule has 2 N–H and O–H groups in total. The maximum absolute atomic E-state index is 5.77. The van der Waals surface area contributed by atoms with E-state index >= 15 is 0 Å². The quantitative estimate of drug-likeness (QED) is 0.618. The van der Waals surface area contributed by atoms with Crippen molar-refractivity contribution >= 4 is 5.69 Å². The molecule has 0 saturated carbocycles. The fraction of sp³-hybridized carbons (Fsp3) is 0.500. The molecule has 1 aromatic carbocycles. The molecule has 1 heterocycles. The summed E-state index contributed by atoms with van der Waals surface area (Å²) in [4.78, 5) is 0. The minimum Gasteiger partial charge on any atom is -0.399 e. The maximum Gasteiger partial charge on any atom is 0.182 e. The second kappa shape index (κ2) is 7.00. The van der Waals surface area contributed by atoms with E-state index < -0.39 is 0 Å². The lowest BCUT2D eigenvalue weighted by Crippen LogP contribution is -2.07. The van der Waals surface area contributed by atoms with Gasteiger partial charge in [-0.3, -0.25) is 0 Å². The van der Waals surface area contributed by atoms with Crippen LogP contribution in [0.2, 0.25) is 0 Å². The average Bonchev–Trinajstić information content (AvgIpc) is 2.87. The van der Waals surface area contributed by atoms with Crippen LogP contribution in [-0.2, 0) is 11.3 Å². The number of nitrogens with two attached hydrogens (primary N) is 1. The van der Waals surface area contributed by atoms with Gasteiger partial charge >= 0.3 is 0 Å². The Kier molecular flexibility index (Phi) is 5.06. The molecule has 0 aliphatic rings. The number of hydrogen-bond donors (Lipinski definition) is 1. The molecule has 0 unspecified atom stereocenters. The summed E-state index contributed by atoms with van der Waals surface area (Å²) in [6, 6.07) is 5.75. The van der Waals surface area contributed by atoms with E-state index in [1.165, 1.54) is 0 Å². The lowest BCUT2D eigenvalue weighted by Gasteiger charge is -2.08. The van der Waals surface area contributed by atoms with Crippen molar-refractivity contribution in [1.29, 1.82) is 0 Å². The highest BCUT2D eigenvalue weighted by atomic mass is 16.5. The standard InChI is InChI=1S/C14H21N5O/c1-3-8-20-9-4-7-19-14(16-17-18-19)13-6-5-12(15)10-11(13)2/h5-6,10H,3-4,7-9,15H2,1-2H3. The van der Waals surface area contributed by atoms with Crippen molar-refractivity contribution < 1.29 is 4.74 Å². The molecule has 6 nitrogen and oxygen atoms in total. The van der Waals surface area contributed by atoms with Gasteiger partial charge in [0.15, 0.2) is 5.82 Å². The third-order valence-electron chi connectivity index (χ3n) is 3.03. The van der Waals surface area contributed by atoms with E-state index in [-0.39, 0.29) is 0 Å². The number of benzene rings is 1. The lowest BCUT2D eigenvalue weighted by molar-refractivity contribution is 0.128. The second-order valence-electron chi connectivity index (χ2n) is 4.77. The summed E-state index contributed by atoms with van der Waals surface area (Å²) >= 11 is 0. The fourth-order valence-corrected chi connectivity index (χ4v) is 2.05. The Labute approximate surface area is 118 Å². The first kappa shape index (κ1) is 14.5. The normalized spacial score (nSPS) is 10.9. The SMILES string of the molecule is CCCOCCCn1nnnc1-c1ccc(N)cc1C. The van der Waals surface area contributed by atoms with Crippen molar-refractivity contribution in [2.45, 2.75) is 33.2 Å². The van der Waals surface area contributed by atoms with Crippen molar-refractivity contribution in [3.8, 4) is 11.4 Å². The molecule has 0 spiro atoms. The molecule has 0 amide bonds. The van der Waals surface area contributed by atoms with Crippen LogP contribution in [0.4, 0.5) is 5.69 Å². The number of tetrazole rings is 1. The zero-order valence-electron chi connectivity index (χ0n) is 12.0. The molecule has 2 rings (SSSR count). The van der Waals surface area contributed by atoms with E-state index in [1.807, 2.05) is 29.8 Å². The topological polar surface area (TPSA) is 78.8 Å². The Hall–Kier alpha value is -1.95. The highest BCUT2D eigenvalue weighted by Crippen LogP contribution is 2.22. The van der Waals surface area contributed by atoms with Gasteiger partial charge in [0.2, 0.25) is 0 Å². The first-order valence-electron chi connectivity index (χ1n) is 6.92. The van der Waals surface area contributed by atoms with E-state index in [4.69, 9.17) is 10.5 Å². The molecule has 1 aromatic heterocycles. The van der Waals surface area contributed by atoms with Gasteiger partial charge in [0, 0.05) is 31.0 Å². The lowest BCUT2D eigenvalue weighted by atomic mass is 10.1. The first-order chi connectivity index (χ1) is 9.72. The maximum atomic E-state index is 5.77. The molecule has 20 heavy (non-hydrogen) atoms.